The zero-order valence-electron chi connectivity index (χ0n) is 9.71. The smallest absolute Gasteiger partial charge is 0.274 e. The Hall–Kier alpha value is -2.31. The predicted octanol–water partition coefficient (Wildman–Crippen LogP) is -0.334. The second-order valence-corrected chi connectivity index (χ2v) is 3.74. The Morgan fingerprint density at radius 3 is 2.82 bits per heavy atom. The third-order valence-corrected chi connectivity index (χ3v) is 2.42. The van der Waals surface area contributed by atoms with Gasteiger partial charge in [-0.15, -0.1) is 0 Å². The average Bonchev–Trinajstić information content (AvgIpc) is 2.81. The van der Waals surface area contributed by atoms with Crippen molar-refractivity contribution >= 4 is 11.6 Å². The first-order valence-electron chi connectivity index (χ1n) is 5.12. The van der Waals surface area contributed by atoms with Gasteiger partial charge in [0.1, 0.15) is 0 Å². The third kappa shape index (κ3) is 2.27. The van der Waals surface area contributed by atoms with Gasteiger partial charge in [-0.1, -0.05) is 0 Å². The summed E-state index contributed by atoms with van der Waals surface area (Å²) in [7, 11) is 3.53. The fraction of sp³-hybridized carbons (Fsp3) is 0.300. The standard InChI is InChI=1S/C10H14N6O/c1-15-6-8(11)9(14-15)10(17)12-5-7-3-4-13-16(7)2/h3-4,6H,5,11H2,1-2H3,(H,12,17). The first-order chi connectivity index (χ1) is 8.08. The highest BCUT2D eigenvalue weighted by atomic mass is 16.2. The summed E-state index contributed by atoms with van der Waals surface area (Å²) in [5.41, 5.74) is 7.18. The Bertz CT molecular complexity index is 541. The second-order valence-electron chi connectivity index (χ2n) is 3.74. The van der Waals surface area contributed by atoms with E-state index in [0.29, 0.717) is 12.2 Å². The summed E-state index contributed by atoms with van der Waals surface area (Å²) in [6.07, 6.45) is 3.27. The highest BCUT2D eigenvalue weighted by molar-refractivity contribution is 5.96. The summed E-state index contributed by atoms with van der Waals surface area (Å²) in [5, 5.41) is 10.7. The minimum atomic E-state index is -0.288. The Labute approximate surface area is 98.2 Å². The van der Waals surface area contributed by atoms with Gasteiger partial charge in [0.15, 0.2) is 5.69 Å². The molecule has 2 aromatic heterocycles. The highest BCUT2D eigenvalue weighted by Crippen LogP contribution is 2.07. The molecule has 2 rings (SSSR count). The van der Waals surface area contributed by atoms with Crippen molar-refractivity contribution in [1.82, 2.24) is 24.9 Å². The van der Waals surface area contributed by atoms with Crippen LogP contribution in [0.15, 0.2) is 18.5 Å². The number of aromatic nitrogens is 4. The Morgan fingerprint density at radius 2 is 2.29 bits per heavy atom. The molecule has 0 atom stereocenters. The van der Waals surface area contributed by atoms with Crippen molar-refractivity contribution in [3.05, 3.63) is 29.8 Å². The first-order valence-corrected chi connectivity index (χ1v) is 5.12. The summed E-state index contributed by atoms with van der Waals surface area (Å²) in [6, 6.07) is 1.84. The number of anilines is 1. The lowest BCUT2D eigenvalue weighted by Gasteiger charge is -2.04. The fourth-order valence-electron chi connectivity index (χ4n) is 1.51. The molecule has 0 aromatic carbocycles. The molecule has 0 aliphatic carbocycles. The zero-order chi connectivity index (χ0) is 12.4. The van der Waals surface area contributed by atoms with Crippen LogP contribution in [-0.2, 0) is 20.6 Å². The van der Waals surface area contributed by atoms with Crippen LogP contribution in [0.25, 0.3) is 0 Å². The van der Waals surface area contributed by atoms with E-state index in [1.165, 1.54) is 4.68 Å². The lowest BCUT2D eigenvalue weighted by atomic mass is 10.3. The number of nitrogens with one attached hydrogen (secondary N) is 1. The highest BCUT2D eigenvalue weighted by Gasteiger charge is 2.13. The molecular weight excluding hydrogens is 220 g/mol. The van der Waals surface area contributed by atoms with Crippen LogP contribution in [-0.4, -0.2) is 25.5 Å². The van der Waals surface area contributed by atoms with Crippen molar-refractivity contribution in [2.24, 2.45) is 14.1 Å². The van der Waals surface area contributed by atoms with E-state index in [-0.39, 0.29) is 11.6 Å². The molecule has 0 aliphatic rings. The van der Waals surface area contributed by atoms with Gasteiger partial charge in [-0.3, -0.25) is 14.2 Å². The normalized spacial score (nSPS) is 10.5. The number of hydrogen-bond donors (Lipinski definition) is 2. The van der Waals surface area contributed by atoms with Gasteiger partial charge in [-0.2, -0.15) is 10.2 Å². The van der Waals surface area contributed by atoms with E-state index in [9.17, 15) is 4.79 Å². The molecule has 0 fully saturated rings. The SMILES string of the molecule is Cn1cc(N)c(C(=O)NCc2ccnn2C)n1. The number of nitrogens with zero attached hydrogens (tertiary/aromatic N) is 4. The molecule has 0 saturated carbocycles. The van der Waals surface area contributed by atoms with Gasteiger partial charge in [-0.05, 0) is 6.07 Å². The Balaban J connectivity index is 2.03. The van der Waals surface area contributed by atoms with Gasteiger partial charge >= 0.3 is 0 Å². The van der Waals surface area contributed by atoms with E-state index in [1.54, 1.807) is 24.1 Å². The molecule has 17 heavy (non-hydrogen) atoms. The monoisotopic (exact) mass is 234 g/mol. The summed E-state index contributed by atoms with van der Waals surface area (Å²) in [5.74, 6) is -0.288. The molecule has 0 aliphatic heterocycles. The van der Waals surface area contributed by atoms with Crippen molar-refractivity contribution in [3.63, 3.8) is 0 Å². The molecule has 2 heterocycles. The predicted molar refractivity (Wildman–Crippen MR) is 62.0 cm³/mol. The van der Waals surface area contributed by atoms with Gasteiger partial charge in [0.05, 0.1) is 17.9 Å². The maximum atomic E-state index is 11.8. The van der Waals surface area contributed by atoms with Crippen LogP contribution in [0.5, 0.6) is 0 Å². The molecule has 2 aromatic rings. The number of carbonyl (C=O) groups excluding carboxylic acids is 1. The zero-order valence-corrected chi connectivity index (χ0v) is 9.71. The van der Waals surface area contributed by atoms with E-state index in [1.807, 2.05) is 13.1 Å². The second kappa shape index (κ2) is 4.28. The molecule has 1 amide bonds. The van der Waals surface area contributed by atoms with Crippen LogP contribution >= 0.6 is 0 Å². The number of nitrogen functional groups attached to an aromatic ring is 1. The minimum Gasteiger partial charge on any atom is -0.396 e. The van der Waals surface area contributed by atoms with Crippen molar-refractivity contribution < 1.29 is 4.79 Å². The molecule has 0 saturated heterocycles. The number of hydrogen-bond acceptors (Lipinski definition) is 4. The summed E-state index contributed by atoms with van der Waals surface area (Å²) in [6.45, 7) is 0.394. The molecule has 0 spiro atoms. The van der Waals surface area contributed by atoms with Crippen molar-refractivity contribution in [2.75, 3.05) is 5.73 Å². The number of aryl methyl sites for hydroxylation is 2. The molecule has 0 radical (unpaired) electrons. The van der Waals surface area contributed by atoms with Crippen LogP contribution in [0.4, 0.5) is 5.69 Å². The van der Waals surface area contributed by atoms with E-state index < -0.39 is 0 Å². The van der Waals surface area contributed by atoms with Crippen LogP contribution in [0.2, 0.25) is 0 Å². The lowest BCUT2D eigenvalue weighted by Crippen LogP contribution is -2.25. The van der Waals surface area contributed by atoms with Crippen molar-refractivity contribution in [3.8, 4) is 0 Å². The maximum absolute atomic E-state index is 11.8. The number of nitrogens with two attached hydrogens (primary N) is 1. The van der Waals surface area contributed by atoms with Gasteiger partial charge in [0, 0.05) is 26.5 Å². The van der Waals surface area contributed by atoms with E-state index in [0.717, 1.165) is 5.69 Å². The van der Waals surface area contributed by atoms with Gasteiger partial charge in [0.2, 0.25) is 0 Å². The Kier molecular flexibility index (Phi) is 2.82. The quantitative estimate of drug-likeness (QED) is 0.760. The summed E-state index contributed by atoms with van der Waals surface area (Å²) in [4.78, 5) is 11.8. The number of amides is 1. The van der Waals surface area contributed by atoms with E-state index in [2.05, 4.69) is 15.5 Å². The molecule has 7 nitrogen and oxygen atoms in total. The average molecular weight is 234 g/mol. The van der Waals surface area contributed by atoms with Crippen LogP contribution in [0.1, 0.15) is 16.2 Å². The topological polar surface area (TPSA) is 90.8 Å². The molecule has 7 heteroatoms. The number of rotatable bonds is 3. The van der Waals surface area contributed by atoms with E-state index >= 15 is 0 Å². The number of carbonyl (C=O) groups is 1. The molecular formula is C10H14N6O. The lowest BCUT2D eigenvalue weighted by molar-refractivity contribution is 0.0945. The van der Waals surface area contributed by atoms with Crippen LogP contribution in [0.3, 0.4) is 0 Å². The molecule has 0 unspecified atom stereocenters. The van der Waals surface area contributed by atoms with Gasteiger partial charge in [0.25, 0.3) is 5.91 Å². The van der Waals surface area contributed by atoms with Gasteiger partial charge in [-0.25, -0.2) is 0 Å². The van der Waals surface area contributed by atoms with Crippen LogP contribution in [0, 0.1) is 0 Å². The third-order valence-electron chi connectivity index (χ3n) is 2.42. The van der Waals surface area contributed by atoms with Crippen molar-refractivity contribution in [2.45, 2.75) is 6.54 Å². The first kappa shape index (κ1) is 11.2. The minimum absolute atomic E-state index is 0.245. The largest absolute Gasteiger partial charge is 0.396 e. The Morgan fingerprint density at radius 1 is 1.53 bits per heavy atom. The molecule has 90 valence electrons. The van der Waals surface area contributed by atoms with Crippen LogP contribution < -0.4 is 11.1 Å². The summed E-state index contributed by atoms with van der Waals surface area (Å²) >= 11 is 0. The van der Waals surface area contributed by atoms with Gasteiger partial charge < -0.3 is 11.1 Å². The van der Waals surface area contributed by atoms with E-state index in [4.69, 9.17) is 5.73 Å². The fourth-order valence-corrected chi connectivity index (χ4v) is 1.51. The van der Waals surface area contributed by atoms with Crippen molar-refractivity contribution in [1.29, 1.82) is 0 Å². The molecule has 0 bridgehead atoms. The molecule has 3 N–H and O–H groups in total. The summed E-state index contributed by atoms with van der Waals surface area (Å²) < 4.78 is 3.20. The maximum Gasteiger partial charge on any atom is 0.274 e.